The van der Waals surface area contributed by atoms with Gasteiger partial charge in [0.1, 0.15) is 0 Å². The van der Waals surface area contributed by atoms with Crippen LogP contribution in [0.25, 0.3) is 0 Å². The van der Waals surface area contributed by atoms with Gasteiger partial charge in [-0.15, -0.1) is 0 Å². The van der Waals surface area contributed by atoms with Crippen LogP contribution in [0.5, 0.6) is 0 Å². The number of ketones is 1. The van der Waals surface area contributed by atoms with Crippen LogP contribution in [0.1, 0.15) is 43.0 Å². The molecule has 1 aromatic carbocycles. The van der Waals surface area contributed by atoms with Crippen molar-refractivity contribution < 1.29 is 9.59 Å². The first kappa shape index (κ1) is 14.6. The molecule has 20 heavy (non-hydrogen) atoms. The van der Waals surface area contributed by atoms with E-state index in [0.29, 0.717) is 12.1 Å². The van der Waals surface area contributed by atoms with Gasteiger partial charge in [0.15, 0.2) is 5.78 Å². The highest BCUT2D eigenvalue weighted by atomic mass is 16.2. The highest BCUT2D eigenvalue weighted by Gasteiger charge is 2.14. The zero-order valence-electron chi connectivity index (χ0n) is 12.0. The Morgan fingerprint density at radius 3 is 2.50 bits per heavy atom. The molecule has 1 N–H and O–H groups in total. The van der Waals surface area contributed by atoms with Crippen LogP contribution >= 0.6 is 0 Å². The fraction of sp³-hybridized carbons (Fsp3) is 0.500. The van der Waals surface area contributed by atoms with Crippen LogP contribution in [0.4, 0.5) is 5.69 Å². The number of carbonyl (C=O) groups excluding carboxylic acids is 2. The Hall–Kier alpha value is -1.84. The summed E-state index contributed by atoms with van der Waals surface area (Å²) in [6.07, 6.45) is 4.65. The number of likely N-dealkylation sites (tertiary alicyclic amines) is 1. The standard InChI is InChI=1S/C16H22N2O2/c1-13(19)14-7-6-8-15(11-14)17-12-16(20)18-9-4-2-3-5-10-18/h6-8,11,17H,2-5,9-10,12H2,1H3. The summed E-state index contributed by atoms with van der Waals surface area (Å²) in [7, 11) is 0. The van der Waals surface area contributed by atoms with Crippen molar-refractivity contribution in [3.8, 4) is 0 Å². The third-order valence-electron chi connectivity index (χ3n) is 3.67. The summed E-state index contributed by atoms with van der Waals surface area (Å²) in [5.74, 6) is 0.174. The molecule has 0 spiro atoms. The van der Waals surface area contributed by atoms with Crippen molar-refractivity contribution in [2.75, 3.05) is 25.0 Å². The Balaban J connectivity index is 1.89. The lowest BCUT2D eigenvalue weighted by atomic mass is 10.1. The lowest BCUT2D eigenvalue weighted by Crippen LogP contribution is -2.36. The van der Waals surface area contributed by atoms with Crippen LogP contribution < -0.4 is 5.32 Å². The van der Waals surface area contributed by atoms with Gasteiger partial charge in [0.25, 0.3) is 0 Å². The molecule has 1 saturated heterocycles. The number of amides is 1. The number of carbonyl (C=O) groups is 2. The van der Waals surface area contributed by atoms with Gasteiger partial charge >= 0.3 is 0 Å². The monoisotopic (exact) mass is 274 g/mol. The lowest BCUT2D eigenvalue weighted by Gasteiger charge is -2.20. The molecule has 108 valence electrons. The van der Waals surface area contributed by atoms with Crippen molar-refractivity contribution in [1.82, 2.24) is 4.90 Å². The minimum Gasteiger partial charge on any atom is -0.376 e. The second-order valence-corrected chi connectivity index (χ2v) is 5.29. The zero-order chi connectivity index (χ0) is 14.4. The molecule has 0 bridgehead atoms. The Labute approximate surface area is 120 Å². The molecule has 4 heteroatoms. The smallest absolute Gasteiger partial charge is 0.241 e. The number of nitrogens with one attached hydrogen (secondary N) is 1. The Kier molecular flexibility index (Phi) is 5.16. The molecule has 1 heterocycles. The van der Waals surface area contributed by atoms with E-state index in [1.54, 1.807) is 19.1 Å². The van der Waals surface area contributed by atoms with Gasteiger partial charge < -0.3 is 10.2 Å². The van der Waals surface area contributed by atoms with Gasteiger partial charge in [-0.25, -0.2) is 0 Å². The summed E-state index contributed by atoms with van der Waals surface area (Å²) in [4.78, 5) is 25.4. The number of anilines is 1. The summed E-state index contributed by atoms with van der Waals surface area (Å²) in [5, 5.41) is 3.11. The van der Waals surface area contributed by atoms with Gasteiger partial charge in [0.05, 0.1) is 6.54 Å². The maximum absolute atomic E-state index is 12.1. The minimum absolute atomic E-state index is 0.0347. The number of benzene rings is 1. The Morgan fingerprint density at radius 1 is 1.15 bits per heavy atom. The van der Waals surface area contributed by atoms with E-state index < -0.39 is 0 Å². The maximum atomic E-state index is 12.1. The maximum Gasteiger partial charge on any atom is 0.241 e. The van der Waals surface area contributed by atoms with Crippen LogP contribution in [-0.4, -0.2) is 36.2 Å². The normalized spacial score (nSPS) is 15.6. The summed E-state index contributed by atoms with van der Waals surface area (Å²) in [6.45, 7) is 3.57. The van der Waals surface area contributed by atoms with Gasteiger partial charge in [0.2, 0.25) is 5.91 Å². The van der Waals surface area contributed by atoms with Crippen LogP contribution in [0.3, 0.4) is 0 Å². The average molecular weight is 274 g/mol. The highest BCUT2D eigenvalue weighted by molar-refractivity contribution is 5.95. The molecule has 1 fully saturated rings. The van der Waals surface area contributed by atoms with Crippen molar-refractivity contribution >= 4 is 17.4 Å². The van der Waals surface area contributed by atoms with Gasteiger partial charge in [-0.3, -0.25) is 9.59 Å². The molecule has 1 amide bonds. The summed E-state index contributed by atoms with van der Waals surface area (Å²) in [6, 6.07) is 7.28. The number of rotatable bonds is 4. The van der Waals surface area contributed by atoms with E-state index in [1.807, 2.05) is 17.0 Å². The van der Waals surface area contributed by atoms with E-state index in [2.05, 4.69) is 5.32 Å². The van der Waals surface area contributed by atoms with E-state index in [1.165, 1.54) is 12.8 Å². The molecule has 0 radical (unpaired) electrons. The molecule has 1 aliphatic heterocycles. The first-order valence-electron chi connectivity index (χ1n) is 7.29. The van der Waals surface area contributed by atoms with Gasteiger partial charge in [-0.2, -0.15) is 0 Å². The van der Waals surface area contributed by atoms with Crippen molar-refractivity contribution in [2.24, 2.45) is 0 Å². The first-order chi connectivity index (χ1) is 9.66. The van der Waals surface area contributed by atoms with Crippen molar-refractivity contribution in [3.63, 3.8) is 0 Å². The van der Waals surface area contributed by atoms with E-state index in [4.69, 9.17) is 0 Å². The Bertz CT molecular complexity index is 477. The van der Waals surface area contributed by atoms with Crippen LogP contribution in [0, 0.1) is 0 Å². The van der Waals surface area contributed by atoms with Crippen LogP contribution in [0.2, 0.25) is 0 Å². The molecule has 0 atom stereocenters. The van der Waals surface area contributed by atoms with E-state index in [-0.39, 0.29) is 11.7 Å². The van der Waals surface area contributed by atoms with E-state index >= 15 is 0 Å². The average Bonchev–Trinajstić information content (AvgIpc) is 2.74. The molecule has 0 saturated carbocycles. The van der Waals surface area contributed by atoms with Gasteiger partial charge in [-0.1, -0.05) is 25.0 Å². The molecule has 0 aromatic heterocycles. The molecule has 0 aliphatic carbocycles. The SMILES string of the molecule is CC(=O)c1cccc(NCC(=O)N2CCCCCC2)c1. The highest BCUT2D eigenvalue weighted by Crippen LogP contribution is 2.12. The predicted octanol–water partition coefficient (Wildman–Crippen LogP) is 2.70. The van der Waals surface area contributed by atoms with Crippen molar-refractivity contribution in [1.29, 1.82) is 0 Å². The van der Waals surface area contributed by atoms with Crippen LogP contribution in [0.15, 0.2) is 24.3 Å². The van der Waals surface area contributed by atoms with Gasteiger partial charge in [0, 0.05) is 24.3 Å². The van der Waals surface area contributed by atoms with Crippen molar-refractivity contribution in [3.05, 3.63) is 29.8 Å². The fourth-order valence-electron chi connectivity index (χ4n) is 2.46. The second-order valence-electron chi connectivity index (χ2n) is 5.29. The fourth-order valence-corrected chi connectivity index (χ4v) is 2.46. The second kappa shape index (κ2) is 7.08. The number of nitrogens with zero attached hydrogens (tertiary/aromatic N) is 1. The molecule has 1 aliphatic rings. The molecule has 1 aromatic rings. The quantitative estimate of drug-likeness (QED) is 0.859. The zero-order valence-corrected chi connectivity index (χ0v) is 12.0. The summed E-state index contributed by atoms with van der Waals surface area (Å²) < 4.78 is 0. The molecule has 0 unspecified atom stereocenters. The summed E-state index contributed by atoms with van der Waals surface area (Å²) in [5.41, 5.74) is 1.48. The lowest BCUT2D eigenvalue weighted by molar-refractivity contribution is -0.129. The summed E-state index contributed by atoms with van der Waals surface area (Å²) >= 11 is 0. The number of Topliss-reactive ketones (excluding diaryl/α,β-unsaturated/α-hetero) is 1. The van der Waals surface area contributed by atoms with Gasteiger partial charge in [-0.05, 0) is 31.9 Å². The number of hydrogen-bond donors (Lipinski definition) is 1. The third-order valence-corrected chi connectivity index (χ3v) is 3.67. The predicted molar refractivity (Wildman–Crippen MR) is 80.0 cm³/mol. The largest absolute Gasteiger partial charge is 0.376 e. The molecule has 4 nitrogen and oxygen atoms in total. The molecular formula is C16H22N2O2. The Morgan fingerprint density at radius 2 is 1.85 bits per heavy atom. The molecule has 2 rings (SSSR count). The van der Waals surface area contributed by atoms with E-state index in [0.717, 1.165) is 31.6 Å². The third kappa shape index (κ3) is 4.08. The minimum atomic E-state index is 0.0347. The molecular weight excluding hydrogens is 252 g/mol. The number of hydrogen-bond acceptors (Lipinski definition) is 3. The first-order valence-corrected chi connectivity index (χ1v) is 7.29. The topological polar surface area (TPSA) is 49.4 Å². The van der Waals surface area contributed by atoms with Crippen molar-refractivity contribution in [2.45, 2.75) is 32.6 Å². The van der Waals surface area contributed by atoms with E-state index in [9.17, 15) is 9.59 Å². The van der Waals surface area contributed by atoms with Crippen LogP contribution in [-0.2, 0) is 4.79 Å².